The van der Waals surface area contributed by atoms with Gasteiger partial charge in [-0.2, -0.15) is 16.9 Å². The highest BCUT2D eigenvalue weighted by atomic mass is 32.2. The Bertz CT molecular complexity index is 1300. The Balaban J connectivity index is 1.49. The van der Waals surface area contributed by atoms with Gasteiger partial charge in [-0.1, -0.05) is 11.3 Å². The molecule has 3 aromatic rings. The number of aromatic nitrogens is 5. The molecule has 41 heavy (non-hydrogen) atoms. The normalized spacial score (nSPS) is 17.3. The number of rotatable bonds is 6. The minimum absolute atomic E-state index is 0.0291. The molecule has 1 aromatic carbocycles. The van der Waals surface area contributed by atoms with Crippen LogP contribution in [0, 0.1) is 6.92 Å². The molecule has 13 heteroatoms. The van der Waals surface area contributed by atoms with Crippen molar-refractivity contribution in [2.45, 2.75) is 58.3 Å². The second kappa shape index (κ2) is 15.2. The van der Waals surface area contributed by atoms with E-state index in [1.165, 1.54) is 0 Å². The Hall–Kier alpha value is -3.87. The lowest BCUT2D eigenvalue weighted by Gasteiger charge is -2.23. The average Bonchev–Trinajstić information content (AvgIpc) is 3.66. The summed E-state index contributed by atoms with van der Waals surface area (Å²) in [6.07, 6.45) is 9.35. The molecule has 3 amide bonds. The summed E-state index contributed by atoms with van der Waals surface area (Å²) in [7, 11) is 0. The van der Waals surface area contributed by atoms with Crippen molar-refractivity contribution in [1.82, 2.24) is 40.3 Å². The van der Waals surface area contributed by atoms with Crippen LogP contribution in [-0.2, 0) is 29.2 Å². The summed E-state index contributed by atoms with van der Waals surface area (Å²) in [5, 5.41) is 18.5. The van der Waals surface area contributed by atoms with Crippen molar-refractivity contribution in [2.75, 3.05) is 31.7 Å². The van der Waals surface area contributed by atoms with Crippen molar-refractivity contribution in [3.8, 4) is 5.75 Å². The first-order valence-electron chi connectivity index (χ1n) is 13.9. The van der Waals surface area contributed by atoms with Crippen molar-refractivity contribution < 1.29 is 19.1 Å². The fraction of sp³-hybridized carbons (Fsp3) is 0.500. The van der Waals surface area contributed by atoms with Crippen molar-refractivity contribution >= 4 is 29.5 Å². The number of hydrogen-bond donors (Lipinski definition) is 2. The Morgan fingerprint density at radius 3 is 2.90 bits per heavy atom. The average molecular weight is 583 g/mol. The number of amides is 3. The summed E-state index contributed by atoms with van der Waals surface area (Å²) in [6.45, 7) is 4.48. The highest BCUT2D eigenvalue weighted by Crippen LogP contribution is 2.18. The molecule has 1 aliphatic heterocycles. The number of carbonyl (C=O) groups excluding carboxylic acids is 3. The van der Waals surface area contributed by atoms with Gasteiger partial charge in [0, 0.05) is 57.0 Å². The fourth-order valence-corrected chi connectivity index (χ4v) is 4.98. The van der Waals surface area contributed by atoms with Crippen LogP contribution in [0.15, 0.2) is 42.9 Å². The first kappa shape index (κ1) is 30.1. The van der Waals surface area contributed by atoms with Crippen molar-refractivity contribution in [1.29, 1.82) is 0 Å². The fourth-order valence-electron chi connectivity index (χ4n) is 4.51. The summed E-state index contributed by atoms with van der Waals surface area (Å²) in [5.74, 6) is 0.723. The molecule has 0 saturated heterocycles. The molecule has 4 rings (SSSR count). The van der Waals surface area contributed by atoms with E-state index in [1.807, 2.05) is 43.8 Å². The largest absolute Gasteiger partial charge is 0.494 e. The highest BCUT2D eigenvalue weighted by Gasteiger charge is 2.23. The number of fused-ring (bicyclic) bond motifs is 4. The molecule has 1 atom stereocenters. The predicted octanol–water partition coefficient (Wildman–Crippen LogP) is 2.04. The monoisotopic (exact) mass is 582 g/mol. The summed E-state index contributed by atoms with van der Waals surface area (Å²) in [5.41, 5.74) is 1.97. The molecule has 12 nitrogen and oxygen atoms in total. The van der Waals surface area contributed by atoms with E-state index in [4.69, 9.17) is 4.74 Å². The van der Waals surface area contributed by atoms with Gasteiger partial charge in [0.1, 0.15) is 17.5 Å². The van der Waals surface area contributed by atoms with Crippen LogP contribution in [0.2, 0.25) is 0 Å². The summed E-state index contributed by atoms with van der Waals surface area (Å²) in [4.78, 5) is 41.2. The maximum absolute atomic E-state index is 13.2. The number of nitrogens with zero attached hydrogens (tertiary/aromatic N) is 6. The van der Waals surface area contributed by atoms with Crippen LogP contribution in [0.4, 0.5) is 0 Å². The van der Waals surface area contributed by atoms with Gasteiger partial charge >= 0.3 is 0 Å². The van der Waals surface area contributed by atoms with Crippen LogP contribution in [0.25, 0.3) is 0 Å². The van der Waals surface area contributed by atoms with Crippen LogP contribution >= 0.6 is 11.8 Å². The van der Waals surface area contributed by atoms with E-state index in [1.54, 1.807) is 38.3 Å². The minimum atomic E-state index is -0.675. The Kier molecular flexibility index (Phi) is 11.2. The van der Waals surface area contributed by atoms with E-state index < -0.39 is 6.04 Å². The third-order valence-corrected chi connectivity index (χ3v) is 7.44. The number of carbonyl (C=O) groups is 3. The molecule has 0 radical (unpaired) electrons. The highest BCUT2D eigenvalue weighted by molar-refractivity contribution is 7.98. The van der Waals surface area contributed by atoms with Crippen LogP contribution < -0.4 is 15.4 Å². The Morgan fingerprint density at radius 2 is 2.10 bits per heavy atom. The van der Waals surface area contributed by atoms with Crippen molar-refractivity contribution in [3.05, 3.63) is 59.7 Å². The first-order valence-corrected chi connectivity index (χ1v) is 15.3. The zero-order valence-electron chi connectivity index (χ0n) is 23.6. The molecule has 0 fully saturated rings. The van der Waals surface area contributed by atoms with Gasteiger partial charge in [-0.15, -0.1) is 5.10 Å². The molecule has 0 aliphatic carbocycles. The molecule has 1 aliphatic rings. The quantitative estimate of drug-likeness (QED) is 0.451. The number of ether oxygens (including phenoxy) is 1. The van der Waals surface area contributed by atoms with Crippen LogP contribution in [0.5, 0.6) is 5.75 Å². The molecular weight excluding hydrogens is 544 g/mol. The molecule has 0 spiro atoms. The van der Waals surface area contributed by atoms with Gasteiger partial charge in [0.05, 0.1) is 19.3 Å². The molecule has 4 bridgehead atoms. The van der Waals surface area contributed by atoms with Crippen LogP contribution in [-0.4, -0.2) is 85.1 Å². The van der Waals surface area contributed by atoms with Gasteiger partial charge in [0.2, 0.25) is 11.8 Å². The molecule has 2 N–H and O–H groups in total. The Labute approximate surface area is 244 Å². The van der Waals surface area contributed by atoms with E-state index in [9.17, 15) is 14.4 Å². The zero-order valence-corrected chi connectivity index (χ0v) is 24.4. The van der Waals surface area contributed by atoms with Gasteiger partial charge in [-0.25, -0.2) is 0 Å². The third kappa shape index (κ3) is 9.07. The van der Waals surface area contributed by atoms with Gasteiger partial charge in [0.15, 0.2) is 0 Å². The van der Waals surface area contributed by atoms with E-state index in [2.05, 4.69) is 26.0 Å². The van der Waals surface area contributed by atoms with Gasteiger partial charge in [0.25, 0.3) is 5.91 Å². The summed E-state index contributed by atoms with van der Waals surface area (Å²) in [6, 6.07) is 6.55. The van der Waals surface area contributed by atoms with Crippen molar-refractivity contribution in [3.63, 3.8) is 0 Å². The lowest BCUT2D eigenvalue weighted by Crippen LogP contribution is -2.47. The number of nitrogens with one attached hydrogen (secondary N) is 2. The predicted molar refractivity (Wildman–Crippen MR) is 155 cm³/mol. The van der Waals surface area contributed by atoms with E-state index in [0.717, 1.165) is 11.3 Å². The smallest absolute Gasteiger partial charge is 0.252 e. The molecule has 0 unspecified atom stereocenters. The van der Waals surface area contributed by atoms with Gasteiger partial charge < -0.3 is 20.3 Å². The van der Waals surface area contributed by atoms with E-state index in [-0.39, 0.29) is 17.7 Å². The maximum Gasteiger partial charge on any atom is 0.252 e. The van der Waals surface area contributed by atoms with Gasteiger partial charge in [-0.3, -0.25) is 23.7 Å². The molecular formula is C28H38N8O4S. The number of thioether (sulfide) groups is 1. The third-order valence-electron chi connectivity index (χ3n) is 6.80. The molecule has 220 valence electrons. The van der Waals surface area contributed by atoms with Crippen LogP contribution in [0.3, 0.4) is 0 Å². The van der Waals surface area contributed by atoms with Gasteiger partial charge in [-0.05, 0) is 55.5 Å². The number of benzene rings is 1. The number of hydrogen-bond acceptors (Lipinski definition) is 8. The van der Waals surface area contributed by atoms with Crippen molar-refractivity contribution in [2.24, 2.45) is 0 Å². The lowest BCUT2D eigenvalue weighted by molar-refractivity contribution is -0.132. The summed E-state index contributed by atoms with van der Waals surface area (Å²) >= 11 is 1.62. The number of aryl methyl sites for hydroxylation is 3. The maximum atomic E-state index is 13.2. The van der Waals surface area contributed by atoms with Crippen LogP contribution in [0.1, 0.15) is 47.3 Å². The SMILES string of the molecule is CSCC[C@@H]1NC(=O)c2cc(ccc2C)OCCCn2cc(nn2)CN(C(=O)CCn2cccn2)CCCNC1=O. The topological polar surface area (TPSA) is 136 Å². The summed E-state index contributed by atoms with van der Waals surface area (Å²) < 4.78 is 9.38. The van der Waals surface area contributed by atoms with E-state index in [0.29, 0.717) is 82.0 Å². The first-order chi connectivity index (χ1) is 19.9. The molecule has 2 aromatic heterocycles. The zero-order chi connectivity index (χ0) is 29.0. The second-order valence-electron chi connectivity index (χ2n) is 9.94. The van der Waals surface area contributed by atoms with E-state index >= 15 is 0 Å². The molecule has 3 heterocycles. The standard InChI is InChI=1S/C28H38N8O4S/c1-21-6-7-23-18-24(21)27(38)31-25(9-17-41-2)28(39)29-10-3-12-34(26(37)8-15-35-13-4-11-30-35)19-22-20-36(33-32-22)14-5-16-40-23/h4,6-7,11,13,18,20,25H,3,5,8-10,12,14-17,19H2,1-2H3,(H,29,39)(H,31,38)/t25-/m0/s1. The molecule has 0 saturated carbocycles. The minimum Gasteiger partial charge on any atom is -0.494 e. The lowest BCUT2D eigenvalue weighted by atomic mass is 10.1. The second-order valence-corrected chi connectivity index (χ2v) is 10.9. The Morgan fingerprint density at radius 1 is 1.22 bits per heavy atom.